The fourth-order valence-electron chi connectivity index (χ4n) is 3.57. The minimum Gasteiger partial charge on any atom is -0.358 e. The highest BCUT2D eigenvalue weighted by Crippen LogP contribution is 2.38. The predicted octanol–water partition coefficient (Wildman–Crippen LogP) is 4.77. The fraction of sp³-hybridized carbons (Fsp3) is 0.136. The van der Waals surface area contributed by atoms with E-state index in [-0.39, 0.29) is 5.91 Å². The summed E-state index contributed by atoms with van der Waals surface area (Å²) < 4.78 is 0. The molecular formula is C22H20N2O. The van der Waals surface area contributed by atoms with Gasteiger partial charge in [-0.2, -0.15) is 0 Å². The zero-order valence-electron chi connectivity index (χ0n) is 14.2. The second-order valence-corrected chi connectivity index (χ2v) is 6.51. The van der Waals surface area contributed by atoms with Crippen molar-refractivity contribution < 1.29 is 4.79 Å². The zero-order valence-corrected chi connectivity index (χ0v) is 14.2. The monoisotopic (exact) mass is 328 g/mol. The van der Waals surface area contributed by atoms with Crippen molar-refractivity contribution in [1.82, 2.24) is 4.90 Å². The number of benzene rings is 3. The molecule has 0 spiro atoms. The van der Waals surface area contributed by atoms with Crippen LogP contribution in [0.25, 0.3) is 10.8 Å². The third kappa shape index (κ3) is 2.40. The highest BCUT2D eigenvalue weighted by Gasteiger charge is 2.41. The number of carbonyl (C=O) groups is 1. The number of nitrogens with zero attached hydrogens (tertiary/aromatic N) is 1. The number of hydrogen-bond donors (Lipinski definition) is 1. The van der Waals surface area contributed by atoms with Crippen LogP contribution in [0, 0.1) is 0 Å². The molecule has 3 aromatic carbocycles. The molecule has 3 nitrogen and oxygen atoms in total. The molecule has 0 saturated carbocycles. The normalized spacial score (nSPS) is 19.4. The van der Waals surface area contributed by atoms with Gasteiger partial charge in [0.1, 0.15) is 5.66 Å². The van der Waals surface area contributed by atoms with Crippen LogP contribution in [0.1, 0.15) is 22.8 Å². The Kier molecular flexibility index (Phi) is 3.57. The van der Waals surface area contributed by atoms with E-state index in [1.807, 2.05) is 41.3 Å². The van der Waals surface area contributed by atoms with Crippen molar-refractivity contribution in [1.29, 1.82) is 0 Å². The van der Waals surface area contributed by atoms with Gasteiger partial charge < -0.3 is 10.2 Å². The third-order valence-electron chi connectivity index (χ3n) is 4.94. The predicted molar refractivity (Wildman–Crippen MR) is 103 cm³/mol. The summed E-state index contributed by atoms with van der Waals surface area (Å²) in [7, 11) is 0. The summed E-state index contributed by atoms with van der Waals surface area (Å²) in [5.74, 6) is 0.0184. The minimum atomic E-state index is -0.635. The van der Waals surface area contributed by atoms with Crippen molar-refractivity contribution >= 4 is 22.4 Å². The van der Waals surface area contributed by atoms with Gasteiger partial charge >= 0.3 is 0 Å². The Bertz CT molecular complexity index is 978. The fourth-order valence-corrected chi connectivity index (χ4v) is 3.57. The van der Waals surface area contributed by atoms with Crippen LogP contribution in [0.3, 0.4) is 0 Å². The van der Waals surface area contributed by atoms with Gasteiger partial charge in [-0.05, 0) is 41.5 Å². The van der Waals surface area contributed by atoms with E-state index in [0.717, 1.165) is 16.6 Å². The molecular weight excluding hydrogens is 308 g/mol. The summed E-state index contributed by atoms with van der Waals surface area (Å²) in [6.07, 6.45) is 1.77. The molecule has 4 rings (SSSR count). The molecule has 124 valence electrons. The molecule has 0 aromatic heterocycles. The maximum Gasteiger partial charge on any atom is 0.258 e. The van der Waals surface area contributed by atoms with E-state index in [0.29, 0.717) is 12.1 Å². The Morgan fingerprint density at radius 3 is 2.56 bits per heavy atom. The highest BCUT2D eigenvalue weighted by molar-refractivity contribution is 6.02. The lowest BCUT2D eigenvalue weighted by Crippen LogP contribution is -2.55. The molecule has 25 heavy (non-hydrogen) atoms. The first-order valence-electron chi connectivity index (χ1n) is 8.43. The second kappa shape index (κ2) is 5.78. The average Bonchev–Trinajstić information content (AvgIpc) is 2.65. The molecule has 0 radical (unpaired) electrons. The Morgan fingerprint density at radius 1 is 1.04 bits per heavy atom. The maximum atomic E-state index is 13.1. The van der Waals surface area contributed by atoms with Crippen LogP contribution in [-0.4, -0.2) is 17.4 Å². The molecule has 1 N–H and O–H groups in total. The summed E-state index contributed by atoms with van der Waals surface area (Å²) in [6.45, 7) is 6.36. The van der Waals surface area contributed by atoms with Gasteiger partial charge in [-0.25, -0.2) is 0 Å². The Hall–Kier alpha value is -3.07. The van der Waals surface area contributed by atoms with Crippen LogP contribution in [0.5, 0.6) is 0 Å². The Morgan fingerprint density at radius 2 is 1.76 bits per heavy atom. The number of amides is 1. The van der Waals surface area contributed by atoms with Crippen LogP contribution >= 0.6 is 0 Å². The molecule has 1 aliphatic heterocycles. The van der Waals surface area contributed by atoms with Crippen molar-refractivity contribution in [3.8, 4) is 0 Å². The largest absolute Gasteiger partial charge is 0.358 e. The van der Waals surface area contributed by atoms with Gasteiger partial charge in [0.15, 0.2) is 0 Å². The minimum absolute atomic E-state index is 0.0184. The van der Waals surface area contributed by atoms with Crippen molar-refractivity contribution in [3.63, 3.8) is 0 Å². The number of fused-ring (bicyclic) bond motifs is 2. The topological polar surface area (TPSA) is 32.3 Å². The summed E-state index contributed by atoms with van der Waals surface area (Å²) in [6, 6.07) is 22.3. The first kappa shape index (κ1) is 15.5. The van der Waals surface area contributed by atoms with Crippen LogP contribution in [0.4, 0.5) is 5.69 Å². The molecule has 1 atom stereocenters. The Balaban J connectivity index is 1.89. The molecule has 3 heteroatoms. The van der Waals surface area contributed by atoms with Crippen LogP contribution in [0.15, 0.2) is 79.4 Å². The summed E-state index contributed by atoms with van der Waals surface area (Å²) >= 11 is 0. The molecule has 0 aliphatic carbocycles. The van der Waals surface area contributed by atoms with Crippen molar-refractivity contribution in [2.45, 2.75) is 12.6 Å². The van der Waals surface area contributed by atoms with Crippen molar-refractivity contribution in [2.24, 2.45) is 0 Å². The van der Waals surface area contributed by atoms with E-state index in [2.05, 4.69) is 49.2 Å². The van der Waals surface area contributed by atoms with Crippen LogP contribution in [0.2, 0.25) is 0 Å². The quantitative estimate of drug-likeness (QED) is 0.703. The Labute approximate surface area is 147 Å². The molecule has 0 saturated heterocycles. The SMILES string of the molecule is C=CCN1C(=O)c2ccccc2NC1(C)c1ccc2ccccc2c1. The van der Waals surface area contributed by atoms with Gasteiger partial charge in [0, 0.05) is 12.2 Å². The average molecular weight is 328 g/mol. The molecule has 0 fully saturated rings. The van der Waals surface area contributed by atoms with Gasteiger partial charge in [0.25, 0.3) is 5.91 Å². The van der Waals surface area contributed by atoms with Crippen molar-refractivity contribution in [3.05, 3.63) is 90.5 Å². The lowest BCUT2D eigenvalue weighted by atomic mass is 9.92. The van der Waals surface area contributed by atoms with Crippen LogP contribution < -0.4 is 5.32 Å². The maximum absolute atomic E-state index is 13.1. The summed E-state index contributed by atoms with van der Waals surface area (Å²) in [5, 5.41) is 5.92. The van der Waals surface area contributed by atoms with Gasteiger partial charge in [-0.1, -0.05) is 54.6 Å². The summed E-state index contributed by atoms with van der Waals surface area (Å²) in [4.78, 5) is 14.9. The molecule has 0 bridgehead atoms. The number of anilines is 1. The molecule has 1 unspecified atom stereocenters. The van der Waals surface area contributed by atoms with E-state index in [1.54, 1.807) is 6.08 Å². The number of nitrogens with one attached hydrogen (secondary N) is 1. The standard InChI is InChI=1S/C22H20N2O/c1-3-14-24-21(25)19-10-6-7-11-20(19)23-22(24,2)18-13-12-16-8-4-5-9-17(16)15-18/h3-13,15,23H,1,14H2,2H3. The smallest absolute Gasteiger partial charge is 0.258 e. The number of para-hydroxylation sites is 1. The number of hydrogen-bond acceptors (Lipinski definition) is 2. The van der Waals surface area contributed by atoms with E-state index in [9.17, 15) is 4.79 Å². The number of rotatable bonds is 3. The lowest BCUT2D eigenvalue weighted by molar-refractivity contribution is 0.0572. The summed E-state index contributed by atoms with van der Waals surface area (Å²) in [5.41, 5.74) is 1.98. The molecule has 1 heterocycles. The number of carbonyl (C=O) groups excluding carboxylic acids is 1. The third-order valence-corrected chi connectivity index (χ3v) is 4.94. The zero-order chi connectivity index (χ0) is 17.4. The lowest BCUT2D eigenvalue weighted by Gasteiger charge is -2.46. The second-order valence-electron chi connectivity index (χ2n) is 6.51. The first-order valence-corrected chi connectivity index (χ1v) is 8.43. The van der Waals surface area contributed by atoms with E-state index >= 15 is 0 Å². The first-order chi connectivity index (χ1) is 12.1. The van der Waals surface area contributed by atoms with Gasteiger partial charge in [0.05, 0.1) is 5.56 Å². The van der Waals surface area contributed by atoms with Crippen LogP contribution in [-0.2, 0) is 5.66 Å². The van der Waals surface area contributed by atoms with E-state index < -0.39 is 5.66 Å². The van der Waals surface area contributed by atoms with E-state index in [4.69, 9.17) is 0 Å². The molecule has 1 amide bonds. The van der Waals surface area contributed by atoms with Gasteiger partial charge in [0.2, 0.25) is 0 Å². The molecule has 1 aliphatic rings. The van der Waals surface area contributed by atoms with E-state index in [1.165, 1.54) is 5.39 Å². The highest BCUT2D eigenvalue weighted by atomic mass is 16.2. The van der Waals surface area contributed by atoms with Crippen molar-refractivity contribution in [2.75, 3.05) is 11.9 Å². The van der Waals surface area contributed by atoms with Gasteiger partial charge in [-0.3, -0.25) is 4.79 Å². The molecule has 3 aromatic rings. The van der Waals surface area contributed by atoms with Gasteiger partial charge in [-0.15, -0.1) is 6.58 Å².